The molecule has 0 saturated heterocycles. The van der Waals surface area contributed by atoms with Crippen LogP contribution in [0.15, 0.2) is 22.3 Å². The summed E-state index contributed by atoms with van der Waals surface area (Å²) in [5, 5.41) is 0. The number of fused-ring (bicyclic) bond motifs is 1. The van der Waals surface area contributed by atoms with Crippen molar-refractivity contribution in [2.24, 2.45) is 10.8 Å². The molecule has 0 atom stereocenters. The average molecular weight is 340 g/mol. The fourth-order valence-corrected chi connectivity index (χ4v) is 3.44. The van der Waals surface area contributed by atoms with E-state index in [2.05, 4.69) is 41.5 Å². The van der Waals surface area contributed by atoms with E-state index >= 15 is 0 Å². The van der Waals surface area contributed by atoms with Crippen molar-refractivity contribution >= 4 is 19.1 Å². The van der Waals surface area contributed by atoms with Crippen LogP contribution in [-0.4, -0.2) is 0 Å². The Morgan fingerprint density at radius 1 is 0.733 bits per heavy atom. The molecule has 0 spiro atoms. The summed E-state index contributed by atoms with van der Waals surface area (Å²) in [5.74, 6) is 0. The van der Waals surface area contributed by atoms with Gasteiger partial charge in [0, 0.05) is 10.8 Å². The third kappa shape index (κ3) is 1.37. The van der Waals surface area contributed by atoms with Crippen molar-refractivity contribution in [3.8, 4) is 0 Å². The van der Waals surface area contributed by atoms with Crippen LogP contribution in [0.2, 0.25) is 0 Å². The fourth-order valence-electron chi connectivity index (χ4n) is 3.44. The average Bonchev–Trinajstić information content (AvgIpc) is 2.24. The van der Waals surface area contributed by atoms with E-state index in [-0.39, 0.29) is 15.9 Å². The molecule has 0 amide bonds. The van der Waals surface area contributed by atoms with Crippen molar-refractivity contribution in [1.29, 1.82) is 0 Å². The summed E-state index contributed by atoms with van der Waals surface area (Å²) in [5.41, 5.74) is 7.25. The summed E-state index contributed by atoms with van der Waals surface area (Å²) in [6.45, 7) is 13.9. The van der Waals surface area contributed by atoms with E-state index in [1.54, 1.807) is 22.3 Å². The predicted molar refractivity (Wildman–Crippen MR) is 64.7 cm³/mol. The zero-order valence-electron chi connectivity index (χ0n) is 10.1. The molecule has 0 bridgehead atoms. The van der Waals surface area contributed by atoms with Crippen LogP contribution in [0.5, 0.6) is 0 Å². The van der Waals surface area contributed by atoms with E-state index in [1.165, 1.54) is 0 Å². The van der Waals surface area contributed by atoms with Gasteiger partial charge >= 0.3 is 35.0 Å². The first kappa shape index (κ1) is 13.8. The molecule has 2 rings (SSSR count). The van der Waals surface area contributed by atoms with Crippen molar-refractivity contribution < 1.29 is 15.9 Å². The third-order valence-corrected chi connectivity index (χ3v) is 5.12. The molecule has 0 nitrogen and oxygen atoms in total. The van der Waals surface area contributed by atoms with Gasteiger partial charge in [0.1, 0.15) is 0 Å². The van der Waals surface area contributed by atoms with Crippen molar-refractivity contribution in [2.45, 2.75) is 41.5 Å². The van der Waals surface area contributed by atoms with E-state index in [0.29, 0.717) is 10.8 Å². The van der Waals surface area contributed by atoms with Crippen LogP contribution in [-0.2, 0) is 15.9 Å². The van der Waals surface area contributed by atoms with Gasteiger partial charge in [0.05, 0.1) is 0 Å². The number of halogens is 2. The Labute approximate surface area is 109 Å². The Bertz CT molecular complexity index is 295. The summed E-state index contributed by atoms with van der Waals surface area (Å²) in [7, 11) is 9.63. The van der Waals surface area contributed by atoms with E-state index in [9.17, 15) is 0 Å². The zero-order chi connectivity index (χ0) is 12.0. The molecule has 0 aliphatic heterocycles. The second-order valence-electron chi connectivity index (χ2n) is 4.80. The van der Waals surface area contributed by atoms with E-state index in [1.807, 2.05) is 0 Å². The molecule has 0 unspecified atom stereocenters. The Kier molecular flexibility index (Phi) is 3.85. The van der Waals surface area contributed by atoms with Gasteiger partial charge in [-0.2, -0.15) is 0 Å². The molecular formula is C12H18Cl2Pd. The second-order valence-corrected chi connectivity index (χ2v) is 7.16. The molecule has 0 saturated carbocycles. The Morgan fingerprint density at radius 3 is 1.00 bits per heavy atom. The molecule has 15 heavy (non-hydrogen) atoms. The topological polar surface area (TPSA) is 0 Å². The van der Waals surface area contributed by atoms with Crippen LogP contribution in [0.25, 0.3) is 0 Å². The van der Waals surface area contributed by atoms with Gasteiger partial charge in [-0.05, 0) is 27.7 Å². The Morgan fingerprint density at radius 2 is 0.867 bits per heavy atom. The van der Waals surface area contributed by atoms with Crippen LogP contribution >= 0.6 is 19.1 Å². The van der Waals surface area contributed by atoms with Crippen molar-refractivity contribution in [3.05, 3.63) is 22.3 Å². The normalized spacial score (nSPS) is 37.9. The molecule has 2 aliphatic carbocycles. The van der Waals surface area contributed by atoms with Gasteiger partial charge in [-0.1, -0.05) is 36.1 Å². The van der Waals surface area contributed by atoms with Crippen LogP contribution in [0.1, 0.15) is 41.5 Å². The SMILES string of the molecule is CC1=C(C)C2(C)C(C)=C(C)C12C.[Cl][Pd][Cl]. The van der Waals surface area contributed by atoms with Gasteiger partial charge in [0.15, 0.2) is 0 Å². The van der Waals surface area contributed by atoms with E-state index in [0.717, 1.165) is 0 Å². The van der Waals surface area contributed by atoms with Gasteiger partial charge in [-0.25, -0.2) is 0 Å². The summed E-state index contributed by atoms with van der Waals surface area (Å²) in [6.07, 6.45) is 0. The number of allylic oxidation sites excluding steroid dienone is 4. The van der Waals surface area contributed by atoms with Crippen LogP contribution < -0.4 is 0 Å². The van der Waals surface area contributed by atoms with Crippen LogP contribution in [0.3, 0.4) is 0 Å². The van der Waals surface area contributed by atoms with Gasteiger partial charge in [0.2, 0.25) is 0 Å². The van der Waals surface area contributed by atoms with Gasteiger partial charge in [-0.15, -0.1) is 0 Å². The van der Waals surface area contributed by atoms with E-state index in [4.69, 9.17) is 19.1 Å². The molecule has 2 aliphatic rings. The zero-order valence-corrected chi connectivity index (χ0v) is 13.1. The Balaban J connectivity index is 0.000000337. The fraction of sp³-hybridized carbons (Fsp3) is 0.667. The molecule has 90 valence electrons. The molecule has 0 N–H and O–H groups in total. The maximum absolute atomic E-state index is 4.81. The molecule has 3 heteroatoms. The predicted octanol–water partition coefficient (Wildman–Crippen LogP) is 5.08. The summed E-state index contributed by atoms with van der Waals surface area (Å²) < 4.78 is 0. The van der Waals surface area contributed by atoms with Crippen LogP contribution in [0, 0.1) is 10.8 Å². The molecule has 0 aromatic heterocycles. The summed E-state index contributed by atoms with van der Waals surface area (Å²) in [6, 6.07) is 0. The molecule has 0 heterocycles. The van der Waals surface area contributed by atoms with Crippen molar-refractivity contribution in [2.75, 3.05) is 0 Å². The van der Waals surface area contributed by atoms with Crippen molar-refractivity contribution in [3.63, 3.8) is 0 Å². The summed E-state index contributed by atoms with van der Waals surface area (Å²) >= 11 is -0.106. The Hall–Kier alpha value is 0.722. The second kappa shape index (κ2) is 4.19. The first-order valence-electron chi connectivity index (χ1n) is 4.99. The van der Waals surface area contributed by atoms with Gasteiger partial charge in [0.25, 0.3) is 0 Å². The third-order valence-electron chi connectivity index (χ3n) is 5.12. The standard InChI is InChI=1S/C12H18.2ClH.Pd/c1-7-8(2)12(6)10(4)9(3)11(7,12)5;;;/h1-6H3;2*1H;/q;;;+2/p-2. The number of rotatable bonds is 0. The number of hydrogen-bond donors (Lipinski definition) is 0. The first-order valence-corrected chi connectivity index (χ1v) is 8.99. The molecular weight excluding hydrogens is 321 g/mol. The van der Waals surface area contributed by atoms with Crippen LogP contribution in [0.4, 0.5) is 0 Å². The van der Waals surface area contributed by atoms with E-state index < -0.39 is 0 Å². The minimum atomic E-state index is -0.106. The monoisotopic (exact) mass is 338 g/mol. The van der Waals surface area contributed by atoms with Crippen molar-refractivity contribution in [1.82, 2.24) is 0 Å². The van der Waals surface area contributed by atoms with Gasteiger partial charge < -0.3 is 0 Å². The molecule has 0 radical (unpaired) electrons. The maximum atomic E-state index is 4.81. The van der Waals surface area contributed by atoms with Gasteiger partial charge in [-0.3, -0.25) is 0 Å². The molecule has 0 aromatic carbocycles. The molecule has 0 fully saturated rings. The summed E-state index contributed by atoms with van der Waals surface area (Å²) in [4.78, 5) is 0. The number of hydrogen-bond acceptors (Lipinski definition) is 0. The minimum absolute atomic E-state index is 0.106. The molecule has 0 aromatic rings. The quantitative estimate of drug-likeness (QED) is 0.427. The first-order chi connectivity index (χ1) is 6.79.